The summed E-state index contributed by atoms with van der Waals surface area (Å²) < 4.78 is 16.8. The second kappa shape index (κ2) is 62.4. The zero-order valence-electron chi connectivity index (χ0n) is 49.1. The fourth-order valence-corrected chi connectivity index (χ4v) is 9.22. The Balaban J connectivity index is 4.31. The third-order valence-electron chi connectivity index (χ3n) is 14.0. The molecular weight excluding hydrogens is 913 g/mol. The van der Waals surface area contributed by atoms with Crippen LogP contribution < -0.4 is 0 Å². The Labute approximate surface area is 459 Å². The number of ether oxygens (including phenoxy) is 3. The molecule has 0 fully saturated rings. The van der Waals surface area contributed by atoms with Gasteiger partial charge in [-0.25, -0.2) is 0 Å². The smallest absolute Gasteiger partial charge is 0.310 e. The molecule has 0 aromatic rings. The van der Waals surface area contributed by atoms with Crippen LogP contribution in [0.2, 0.25) is 0 Å². The van der Waals surface area contributed by atoms with Crippen LogP contribution in [0.3, 0.4) is 0 Å². The fraction of sp³-hybridized carbons (Fsp3) is 0.779. The topological polar surface area (TPSA) is 78.9 Å². The first-order valence-corrected chi connectivity index (χ1v) is 31.9. The average Bonchev–Trinajstić information content (AvgIpc) is 3.40. The molecule has 1 atom stereocenters. The van der Waals surface area contributed by atoms with Crippen molar-refractivity contribution in [1.82, 2.24) is 0 Å². The summed E-state index contributed by atoms with van der Waals surface area (Å²) in [4.78, 5) is 38.2. The van der Waals surface area contributed by atoms with Gasteiger partial charge in [-0.2, -0.15) is 0 Å². The largest absolute Gasteiger partial charge is 0.462 e. The molecule has 0 radical (unpaired) electrons. The van der Waals surface area contributed by atoms with Crippen molar-refractivity contribution in [3.05, 3.63) is 72.9 Å². The lowest BCUT2D eigenvalue weighted by Crippen LogP contribution is -2.30. The molecule has 0 heterocycles. The minimum absolute atomic E-state index is 0.0976. The molecule has 6 heteroatoms. The molecule has 0 bridgehead atoms. The summed E-state index contributed by atoms with van der Waals surface area (Å²) in [5.41, 5.74) is 0. The molecule has 0 aromatic heterocycles. The Hall–Kier alpha value is -3.15. The molecule has 0 aliphatic heterocycles. The third kappa shape index (κ3) is 59.7. The Morgan fingerprint density at radius 3 is 0.878 bits per heavy atom. The molecule has 6 nitrogen and oxygen atoms in total. The van der Waals surface area contributed by atoms with E-state index in [-0.39, 0.29) is 31.6 Å². The van der Waals surface area contributed by atoms with Crippen molar-refractivity contribution >= 4 is 17.9 Å². The first-order valence-electron chi connectivity index (χ1n) is 31.9. The summed E-state index contributed by atoms with van der Waals surface area (Å²) >= 11 is 0. The van der Waals surface area contributed by atoms with Crippen LogP contribution in [0.25, 0.3) is 0 Å². The summed E-state index contributed by atoms with van der Waals surface area (Å²) in [5.74, 6) is -1.04. The van der Waals surface area contributed by atoms with Gasteiger partial charge in [0.2, 0.25) is 0 Å². The summed E-state index contributed by atoms with van der Waals surface area (Å²) in [5, 5.41) is 0. The van der Waals surface area contributed by atoms with E-state index in [2.05, 4.69) is 81.5 Å². The van der Waals surface area contributed by atoms with E-state index in [1.165, 1.54) is 199 Å². The van der Waals surface area contributed by atoms with Crippen LogP contribution in [0.1, 0.15) is 323 Å². The van der Waals surface area contributed by atoms with Crippen molar-refractivity contribution in [3.8, 4) is 0 Å². The molecule has 0 saturated carbocycles. The van der Waals surface area contributed by atoms with Crippen LogP contribution in [-0.2, 0) is 28.6 Å². The highest BCUT2D eigenvalue weighted by atomic mass is 16.6. The Kier molecular flexibility index (Phi) is 59.7. The van der Waals surface area contributed by atoms with Gasteiger partial charge in [0.25, 0.3) is 0 Å². The maximum atomic E-state index is 12.8. The molecule has 0 N–H and O–H groups in total. The van der Waals surface area contributed by atoms with Crippen molar-refractivity contribution in [1.29, 1.82) is 0 Å². The minimum Gasteiger partial charge on any atom is -0.462 e. The zero-order valence-corrected chi connectivity index (χ0v) is 49.1. The zero-order chi connectivity index (χ0) is 53.6. The lowest BCUT2D eigenvalue weighted by atomic mass is 10.0. The predicted molar refractivity (Wildman–Crippen MR) is 321 cm³/mol. The second-order valence-corrected chi connectivity index (χ2v) is 21.3. The molecule has 0 aliphatic rings. The average molecular weight is 1030 g/mol. The van der Waals surface area contributed by atoms with E-state index in [4.69, 9.17) is 14.2 Å². The maximum absolute atomic E-state index is 12.8. The van der Waals surface area contributed by atoms with Crippen LogP contribution >= 0.6 is 0 Å². The van der Waals surface area contributed by atoms with E-state index in [0.29, 0.717) is 12.8 Å². The number of esters is 3. The van der Waals surface area contributed by atoms with Crippen molar-refractivity contribution in [2.24, 2.45) is 0 Å². The van der Waals surface area contributed by atoms with E-state index < -0.39 is 12.1 Å². The number of carbonyl (C=O) groups is 3. The van der Waals surface area contributed by atoms with Gasteiger partial charge in [-0.1, -0.05) is 306 Å². The molecule has 1 unspecified atom stereocenters. The van der Waals surface area contributed by atoms with Crippen LogP contribution in [-0.4, -0.2) is 37.2 Å². The van der Waals surface area contributed by atoms with Crippen LogP contribution in [0, 0.1) is 0 Å². The van der Waals surface area contributed by atoms with E-state index in [1.54, 1.807) is 6.08 Å². The highest BCUT2D eigenvalue weighted by Gasteiger charge is 2.19. The summed E-state index contributed by atoms with van der Waals surface area (Å²) in [6.45, 7) is 6.47. The first kappa shape index (κ1) is 70.8. The molecule has 74 heavy (non-hydrogen) atoms. The van der Waals surface area contributed by atoms with Crippen LogP contribution in [0.15, 0.2) is 72.9 Å². The highest BCUT2D eigenvalue weighted by Crippen LogP contribution is 2.17. The summed E-state index contributed by atoms with van der Waals surface area (Å²) in [6.07, 6.45) is 80.9. The van der Waals surface area contributed by atoms with Gasteiger partial charge < -0.3 is 14.2 Å². The number of unbranched alkanes of at least 4 members (excludes halogenated alkanes) is 36. The van der Waals surface area contributed by atoms with Crippen LogP contribution in [0.5, 0.6) is 0 Å². The molecule has 0 saturated heterocycles. The van der Waals surface area contributed by atoms with Gasteiger partial charge in [0.05, 0.1) is 6.42 Å². The van der Waals surface area contributed by atoms with Gasteiger partial charge in [0.1, 0.15) is 13.2 Å². The van der Waals surface area contributed by atoms with E-state index in [0.717, 1.165) is 83.5 Å². The van der Waals surface area contributed by atoms with E-state index in [1.807, 2.05) is 6.08 Å². The lowest BCUT2D eigenvalue weighted by Gasteiger charge is -2.18. The van der Waals surface area contributed by atoms with Crippen molar-refractivity contribution in [3.63, 3.8) is 0 Å². The van der Waals surface area contributed by atoms with E-state index >= 15 is 0 Å². The maximum Gasteiger partial charge on any atom is 0.310 e. The summed E-state index contributed by atoms with van der Waals surface area (Å²) in [6, 6.07) is 0. The monoisotopic (exact) mass is 1030 g/mol. The van der Waals surface area contributed by atoms with Gasteiger partial charge in [-0.3, -0.25) is 14.4 Å². The highest BCUT2D eigenvalue weighted by molar-refractivity contribution is 5.72. The Morgan fingerprint density at radius 2 is 0.568 bits per heavy atom. The van der Waals surface area contributed by atoms with Gasteiger partial charge in [-0.15, -0.1) is 0 Å². The number of hydrogen-bond donors (Lipinski definition) is 0. The fourth-order valence-electron chi connectivity index (χ4n) is 9.22. The van der Waals surface area contributed by atoms with Crippen molar-refractivity contribution in [2.75, 3.05) is 13.2 Å². The SMILES string of the molecule is CC/C=C\C/C=C\C/C=C\C/C=C\C/C=C\CC(=O)OC(COC(=O)CCCCCCC/C=C\CCCCCCCC)COC(=O)CCCCCCCCCCCCCCCCCCCCCCCCCCCC. The lowest BCUT2D eigenvalue weighted by molar-refractivity contribution is -0.166. The predicted octanol–water partition coefficient (Wildman–Crippen LogP) is 21.7. The number of hydrogen-bond acceptors (Lipinski definition) is 6. The van der Waals surface area contributed by atoms with Crippen molar-refractivity contribution in [2.45, 2.75) is 329 Å². The van der Waals surface area contributed by atoms with Gasteiger partial charge in [0, 0.05) is 12.8 Å². The molecule has 0 spiro atoms. The molecule has 0 aliphatic carbocycles. The molecule has 428 valence electrons. The third-order valence-corrected chi connectivity index (χ3v) is 14.0. The quantitative estimate of drug-likeness (QED) is 0.0261. The Bertz CT molecular complexity index is 1370. The standard InChI is InChI=1S/C68H120O6/c1-4-7-10-13-16-19-22-25-28-29-30-31-32-33-34-35-36-37-38-41-43-46-49-52-55-58-61-67(70)73-64-65(74-68(71)62-59-56-53-50-47-44-40-27-24-21-18-15-12-9-6-3)63-72-66(69)60-57-54-51-48-45-42-39-26-23-20-17-14-11-8-5-2/h9,12,18,21,26-27,39-40,47,50,56,59,65H,4-8,10-11,13-17,19-20,22-25,28-38,41-46,48-49,51-55,57-58,60-64H2,1-3H3/b12-9-,21-18-,39-26-,40-27-,50-47-,59-56-. The molecule has 0 rings (SSSR count). The van der Waals surface area contributed by atoms with Crippen LogP contribution in [0.4, 0.5) is 0 Å². The minimum atomic E-state index is -0.832. The molecule has 0 aromatic carbocycles. The number of carbonyl (C=O) groups excluding carboxylic acids is 3. The number of allylic oxidation sites excluding steroid dienone is 11. The molecule has 0 amide bonds. The van der Waals surface area contributed by atoms with Gasteiger partial charge >= 0.3 is 17.9 Å². The summed E-state index contributed by atoms with van der Waals surface area (Å²) in [7, 11) is 0. The number of rotatable bonds is 58. The van der Waals surface area contributed by atoms with Gasteiger partial charge in [0.15, 0.2) is 6.10 Å². The van der Waals surface area contributed by atoms with Crippen molar-refractivity contribution < 1.29 is 28.6 Å². The second-order valence-electron chi connectivity index (χ2n) is 21.3. The molecular formula is C68H120O6. The normalized spacial score (nSPS) is 12.5. The first-order chi connectivity index (χ1) is 36.5. The van der Waals surface area contributed by atoms with Gasteiger partial charge in [-0.05, 0) is 70.6 Å². The Morgan fingerprint density at radius 1 is 0.297 bits per heavy atom. The van der Waals surface area contributed by atoms with E-state index in [9.17, 15) is 14.4 Å².